The molecule has 0 fully saturated rings. The number of aryl methyl sites for hydroxylation is 1. The number of nitro groups is 1. The number of nitro benzene ring substituents is 1. The topological polar surface area (TPSA) is 93.8 Å². The van der Waals surface area contributed by atoms with Crippen molar-refractivity contribution in [3.8, 4) is 5.69 Å². The van der Waals surface area contributed by atoms with Crippen molar-refractivity contribution in [2.24, 2.45) is 0 Å². The standard InChI is InChI=1S/C17H12N4O3/c1-10-15-16(22)13-4-2-3-5-14(13)18-17(15)20(19-10)11-6-8-12(9-7-11)21(23)24/h2-9H,1H3,(H,18,22). The molecule has 1 N–H and O–H groups in total. The van der Waals surface area contributed by atoms with Crippen LogP contribution < -0.4 is 5.43 Å². The normalized spacial score (nSPS) is 11.2. The fourth-order valence-corrected chi connectivity index (χ4v) is 2.87. The number of hydrogen-bond donors (Lipinski definition) is 1. The average Bonchev–Trinajstić information content (AvgIpc) is 2.92. The fourth-order valence-electron chi connectivity index (χ4n) is 2.87. The lowest BCUT2D eigenvalue weighted by atomic mass is 10.1. The van der Waals surface area contributed by atoms with Crippen LogP contribution in [0.1, 0.15) is 5.69 Å². The van der Waals surface area contributed by atoms with Crippen LogP contribution in [0.15, 0.2) is 53.3 Å². The highest BCUT2D eigenvalue weighted by molar-refractivity contribution is 5.92. The first-order valence-electron chi connectivity index (χ1n) is 7.31. The van der Waals surface area contributed by atoms with Gasteiger partial charge in [0.05, 0.1) is 27.2 Å². The lowest BCUT2D eigenvalue weighted by Crippen LogP contribution is -2.05. The summed E-state index contributed by atoms with van der Waals surface area (Å²) in [6.45, 7) is 1.77. The van der Waals surface area contributed by atoms with Crippen LogP contribution in [0.5, 0.6) is 0 Å². The Kier molecular flexibility index (Phi) is 2.96. The van der Waals surface area contributed by atoms with Gasteiger partial charge in [-0.3, -0.25) is 14.9 Å². The zero-order valence-electron chi connectivity index (χ0n) is 12.7. The van der Waals surface area contributed by atoms with E-state index < -0.39 is 4.92 Å². The van der Waals surface area contributed by atoms with Gasteiger partial charge in [0.15, 0.2) is 0 Å². The van der Waals surface area contributed by atoms with E-state index in [2.05, 4.69) is 10.1 Å². The number of nitrogens with zero attached hydrogens (tertiary/aromatic N) is 3. The minimum atomic E-state index is -0.453. The first-order valence-corrected chi connectivity index (χ1v) is 7.31. The number of hydrogen-bond acceptors (Lipinski definition) is 4. The van der Waals surface area contributed by atoms with E-state index in [0.717, 1.165) is 5.52 Å². The maximum Gasteiger partial charge on any atom is 0.269 e. The van der Waals surface area contributed by atoms with E-state index in [-0.39, 0.29) is 11.1 Å². The molecule has 118 valence electrons. The SMILES string of the molecule is Cc1nn(-c2ccc([N+](=O)[O-])cc2)c2[nH]c3ccccc3c(=O)c12. The summed E-state index contributed by atoms with van der Waals surface area (Å²) < 4.78 is 1.60. The summed E-state index contributed by atoms with van der Waals surface area (Å²) in [5.74, 6) is 0. The van der Waals surface area contributed by atoms with E-state index in [1.807, 2.05) is 18.2 Å². The van der Waals surface area contributed by atoms with Gasteiger partial charge in [-0.1, -0.05) is 12.1 Å². The molecular weight excluding hydrogens is 308 g/mol. The van der Waals surface area contributed by atoms with Gasteiger partial charge in [-0.05, 0) is 31.2 Å². The molecule has 4 aromatic rings. The number of rotatable bonds is 2. The molecule has 2 aromatic heterocycles. The molecule has 2 heterocycles. The molecule has 0 unspecified atom stereocenters. The summed E-state index contributed by atoms with van der Waals surface area (Å²) in [5, 5.41) is 16.4. The van der Waals surface area contributed by atoms with Crippen LogP contribution in [0.3, 0.4) is 0 Å². The third kappa shape index (κ3) is 1.98. The van der Waals surface area contributed by atoms with Gasteiger partial charge in [-0.15, -0.1) is 0 Å². The first-order chi connectivity index (χ1) is 11.6. The second kappa shape index (κ2) is 5.02. The smallest absolute Gasteiger partial charge is 0.269 e. The minimum absolute atomic E-state index is 0.00544. The minimum Gasteiger partial charge on any atom is -0.339 e. The van der Waals surface area contributed by atoms with Crippen molar-refractivity contribution in [3.63, 3.8) is 0 Å². The number of fused-ring (bicyclic) bond motifs is 2. The molecule has 0 amide bonds. The zero-order valence-corrected chi connectivity index (χ0v) is 12.7. The van der Waals surface area contributed by atoms with Gasteiger partial charge in [0.1, 0.15) is 5.65 Å². The summed E-state index contributed by atoms with van der Waals surface area (Å²) in [6.07, 6.45) is 0. The molecule has 7 nitrogen and oxygen atoms in total. The molecule has 0 spiro atoms. The van der Waals surface area contributed by atoms with Crippen molar-refractivity contribution in [3.05, 3.63) is 74.6 Å². The van der Waals surface area contributed by atoms with Crippen molar-refractivity contribution >= 4 is 27.6 Å². The van der Waals surface area contributed by atoms with E-state index in [0.29, 0.717) is 27.8 Å². The van der Waals surface area contributed by atoms with E-state index in [1.165, 1.54) is 12.1 Å². The maximum absolute atomic E-state index is 12.7. The van der Waals surface area contributed by atoms with Gasteiger partial charge in [0.25, 0.3) is 5.69 Å². The number of aromatic amines is 1. The Morgan fingerprint density at radius 3 is 2.54 bits per heavy atom. The van der Waals surface area contributed by atoms with Gasteiger partial charge < -0.3 is 4.98 Å². The molecule has 0 bridgehead atoms. The van der Waals surface area contributed by atoms with E-state index in [1.54, 1.807) is 29.8 Å². The summed E-state index contributed by atoms with van der Waals surface area (Å²) in [6, 6.07) is 13.3. The van der Waals surface area contributed by atoms with Crippen LogP contribution in [-0.4, -0.2) is 19.7 Å². The van der Waals surface area contributed by atoms with E-state index in [4.69, 9.17) is 0 Å². The number of nitrogens with one attached hydrogen (secondary N) is 1. The monoisotopic (exact) mass is 320 g/mol. The first kappa shape index (κ1) is 14.1. The summed E-state index contributed by atoms with van der Waals surface area (Å²) >= 11 is 0. The number of benzene rings is 2. The van der Waals surface area contributed by atoms with Crippen LogP contribution in [-0.2, 0) is 0 Å². The molecule has 7 heteroatoms. The fraction of sp³-hybridized carbons (Fsp3) is 0.0588. The lowest BCUT2D eigenvalue weighted by Gasteiger charge is -2.04. The molecule has 24 heavy (non-hydrogen) atoms. The Morgan fingerprint density at radius 2 is 1.83 bits per heavy atom. The zero-order chi connectivity index (χ0) is 16.8. The second-order valence-electron chi connectivity index (χ2n) is 5.49. The van der Waals surface area contributed by atoms with Gasteiger partial charge in [0.2, 0.25) is 5.43 Å². The maximum atomic E-state index is 12.7. The number of non-ortho nitro benzene ring substituents is 1. The van der Waals surface area contributed by atoms with E-state index >= 15 is 0 Å². The predicted octanol–water partition coefficient (Wildman–Crippen LogP) is 3.08. The molecule has 0 saturated heterocycles. The Balaban J connectivity index is 2.03. The summed E-state index contributed by atoms with van der Waals surface area (Å²) in [4.78, 5) is 26.3. The van der Waals surface area contributed by atoms with Crippen molar-refractivity contribution in [1.82, 2.24) is 14.8 Å². The van der Waals surface area contributed by atoms with Crippen molar-refractivity contribution in [2.75, 3.05) is 0 Å². The van der Waals surface area contributed by atoms with Crippen molar-refractivity contribution in [1.29, 1.82) is 0 Å². The predicted molar refractivity (Wildman–Crippen MR) is 90.6 cm³/mol. The molecular formula is C17H12N4O3. The Labute approximate surface area is 135 Å². The summed E-state index contributed by atoms with van der Waals surface area (Å²) in [5.41, 5.74) is 2.47. The molecule has 2 aromatic carbocycles. The molecule has 0 aliphatic carbocycles. The van der Waals surface area contributed by atoms with Crippen LogP contribution in [0, 0.1) is 17.0 Å². The van der Waals surface area contributed by atoms with Crippen LogP contribution >= 0.6 is 0 Å². The molecule has 0 radical (unpaired) electrons. The van der Waals surface area contributed by atoms with Gasteiger partial charge in [-0.2, -0.15) is 5.10 Å². The van der Waals surface area contributed by atoms with Gasteiger partial charge in [-0.25, -0.2) is 4.68 Å². The summed E-state index contributed by atoms with van der Waals surface area (Å²) in [7, 11) is 0. The Hall–Kier alpha value is -3.48. The number of aromatic nitrogens is 3. The van der Waals surface area contributed by atoms with E-state index in [9.17, 15) is 14.9 Å². The number of H-pyrrole nitrogens is 1. The molecule has 0 atom stereocenters. The quantitative estimate of drug-likeness (QED) is 0.453. The van der Waals surface area contributed by atoms with Crippen LogP contribution in [0.2, 0.25) is 0 Å². The number of pyridine rings is 1. The average molecular weight is 320 g/mol. The third-order valence-corrected chi connectivity index (χ3v) is 4.02. The van der Waals surface area contributed by atoms with Crippen molar-refractivity contribution < 1.29 is 4.92 Å². The lowest BCUT2D eigenvalue weighted by molar-refractivity contribution is -0.384. The van der Waals surface area contributed by atoms with Crippen molar-refractivity contribution in [2.45, 2.75) is 6.92 Å². The second-order valence-corrected chi connectivity index (χ2v) is 5.49. The van der Waals surface area contributed by atoms with Crippen LogP contribution in [0.4, 0.5) is 5.69 Å². The Bertz CT molecular complexity index is 1160. The highest BCUT2D eigenvalue weighted by Gasteiger charge is 2.15. The largest absolute Gasteiger partial charge is 0.339 e. The third-order valence-electron chi connectivity index (χ3n) is 4.02. The highest BCUT2D eigenvalue weighted by atomic mass is 16.6. The molecule has 0 aliphatic heterocycles. The molecule has 0 aliphatic rings. The van der Waals surface area contributed by atoms with Crippen LogP contribution in [0.25, 0.3) is 27.6 Å². The highest BCUT2D eigenvalue weighted by Crippen LogP contribution is 2.22. The van der Waals surface area contributed by atoms with Gasteiger partial charge >= 0.3 is 0 Å². The van der Waals surface area contributed by atoms with Gasteiger partial charge in [0, 0.05) is 17.5 Å². The molecule has 4 rings (SSSR count). The molecule has 0 saturated carbocycles. The number of para-hydroxylation sites is 1. The Morgan fingerprint density at radius 1 is 1.12 bits per heavy atom.